The molecular weight excluding hydrogens is 240 g/mol. The molecule has 4 heteroatoms. The van der Waals surface area contributed by atoms with Crippen LogP contribution in [0.1, 0.15) is 23.6 Å². The molecule has 1 N–H and O–H groups in total. The Morgan fingerprint density at radius 3 is 2.53 bits per heavy atom. The van der Waals surface area contributed by atoms with Gasteiger partial charge >= 0.3 is 5.69 Å². The van der Waals surface area contributed by atoms with Gasteiger partial charge in [0.2, 0.25) is 0 Å². The molecule has 2 aromatic rings. The van der Waals surface area contributed by atoms with E-state index >= 15 is 0 Å². The number of aromatic nitrogens is 2. The minimum absolute atomic E-state index is 0.329. The van der Waals surface area contributed by atoms with Crippen LogP contribution in [-0.2, 0) is 6.54 Å². The van der Waals surface area contributed by atoms with Crippen molar-refractivity contribution in [2.24, 2.45) is 0 Å². The second-order valence-corrected chi connectivity index (χ2v) is 4.44. The molecule has 1 heterocycles. The van der Waals surface area contributed by atoms with Crippen molar-refractivity contribution in [2.75, 3.05) is 0 Å². The van der Waals surface area contributed by atoms with Crippen molar-refractivity contribution in [2.45, 2.75) is 20.4 Å². The van der Waals surface area contributed by atoms with Crippen LogP contribution in [0.5, 0.6) is 0 Å². The molecule has 19 heavy (non-hydrogen) atoms. The molecule has 0 radical (unpaired) electrons. The molecule has 0 saturated heterocycles. The third-order valence-corrected chi connectivity index (χ3v) is 2.88. The van der Waals surface area contributed by atoms with E-state index in [4.69, 9.17) is 0 Å². The number of nitrogens with zero attached hydrogens (tertiary/aromatic N) is 1. The summed E-state index contributed by atoms with van der Waals surface area (Å²) in [7, 11) is 0. The summed E-state index contributed by atoms with van der Waals surface area (Å²) >= 11 is 0. The zero-order valence-corrected chi connectivity index (χ0v) is 11.0. The molecule has 0 spiro atoms. The molecule has 0 saturated carbocycles. The van der Waals surface area contributed by atoms with E-state index in [1.807, 2.05) is 43.3 Å². The maximum atomic E-state index is 11.7. The number of hydrogen-bond acceptors (Lipinski definition) is 2. The summed E-state index contributed by atoms with van der Waals surface area (Å²) in [6.45, 7) is 4.10. The van der Waals surface area contributed by atoms with Crippen LogP contribution < -0.4 is 11.2 Å². The molecule has 0 bridgehead atoms. The van der Waals surface area contributed by atoms with Crippen molar-refractivity contribution >= 4 is 6.08 Å². The topological polar surface area (TPSA) is 54.9 Å². The van der Waals surface area contributed by atoms with E-state index in [-0.39, 0.29) is 11.2 Å². The van der Waals surface area contributed by atoms with Crippen molar-refractivity contribution < 1.29 is 0 Å². The van der Waals surface area contributed by atoms with Crippen LogP contribution in [0, 0.1) is 6.92 Å². The molecule has 1 aromatic heterocycles. The number of allylic oxidation sites excluding steroid dienone is 1. The predicted octanol–water partition coefficient (Wildman–Crippen LogP) is 1.93. The van der Waals surface area contributed by atoms with Crippen LogP contribution >= 0.6 is 0 Å². The number of hydrogen-bond donors (Lipinski definition) is 1. The standard InChI is InChI=1S/C15H16N2O2/c1-3-4-12-5-7-13(8-6-12)10-17-9-11(2)14(18)16-15(17)19/h3-9H,10H2,1-2H3,(H,16,18,19)/b4-3+. The minimum atomic E-state index is -0.381. The third kappa shape index (κ3) is 3.10. The van der Waals surface area contributed by atoms with Crippen molar-refractivity contribution in [1.82, 2.24) is 9.55 Å². The highest BCUT2D eigenvalue weighted by Gasteiger charge is 2.01. The largest absolute Gasteiger partial charge is 0.328 e. The Morgan fingerprint density at radius 2 is 1.89 bits per heavy atom. The summed E-state index contributed by atoms with van der Waals surface area (Å²) in [5, 5.41) is 0. The number of H-pyrrole nitrogens is 1. The van der Waals surface area contributed by atoms with Gasteiger partial charge in [-0.1, -0.05) is 36.4 Å². The number of nitrogens with one attached hydrogen (secondary N) is 1. The fourth-order valence-electron chi connectivity index (χ4n) is 1.86. The summed E-state index contributed by atoms with van der Waals surface area (Å²) in [4.78, 5) is 25.2. The van der Waals surface area contributed by atoms with Gasteiger partial charge in [0.05, 0.1) is 6.54 Å². The molecule has 1 aromatic carbocycles. The van der Waals surface area contributed by atoms with Gasteiger partial charge in [-0.15, -0.1) is 0 Å². The first-order chi connectivity index (χ1) is 9.10. The molecular formula is C15H16N2O2. The lowest BCUT2D eigenvalue weighted by Gasteiger charge is -2.06. The van der Waals surface area contributed by atoms with Gasteiger partial charge in [0.1, 0.15) is 0 Å². The normalized spacial score (nSPS) is 11.1. The number of aromatic amines is 1. The molecule has 4 nitrogen and oxygen atoms in total. The minimum Gasteiger partial charge on any atom is -0.296 e. The van der Waals surface area contributed by atoms with E-state index in [1.165, 1.54) is 4.57 Å². The smallest absolute Gasteiger partial charge is 0.296 e. The fourth-order valence-corrected chi connectivity index (χ4v) is 1.86. The van der Waals surface area contributed by atoms with Crippen LogP contribution in [-0.4, -0.2) is 9.55 Å². The van der Waals surface area contributed by atoms with E-state index < -0.39 is 0 Å². The van der Waals surface area contributed by atoms with Gasteiger partial charge in [-0.3, -0.25) is 14.3 Å². The molecule has 0 unspecified atom stereocenters. The fraction of sp³-hybridized carbons (Fsp3) is 0.200. The Hall–Kier alpha value is -2.36. The maximum Gasteiger partial charge on any atom is 0.328 e. The molecule has 0 aliphatic rings. The Balaban J connectivity index is 2.28. The monoisotopic (exact) mass is 256 g/mol. The molecule has 0 aliphatic heterocycles. The summed E-state index contributed by atoms with van der Waals surface area (Å²) in [6, 6.07) is 7.95. The zero-order chi connectivity index (χ0) is 13.8. The Labute approximate surface area is 111 Å². The predicted molar refractivity (Wildman–Crippen MR) is 76.3 cm³/mol. The third-order valence-electron chi connectivity index (χ3n) is 2.88. The van der Waals surface area contributed by atoms with Crippen LogP contribution in [0.3, 0.4) is 0 Å². The zero-order valence-electron chi connectivity index (χ0n) is 11.0. The van der Waals surface area contributed by atoms with Crippen LogP contribution in [0.25, 0.3) is 6.08 Å². The first-order valence-corrected chi connectivity index (χ1v) is 6.12. The first kappa shape index (κ1) is 13.1. The SMILES string of the molecule is C/C=C/c1ccc(Cn2cc(C)c(=O)[nH]c2=O)cc1. The van der Waals surface area contributed by atoms with E-state index in [9.17, 15) is 9.59 Å². The number of aryl methyl sites for hydroxylation is 1. The van der Waals surface area contributed by atoms with Gasteiger partial charge in [-0.25, -0.2) is 4.79 Å². The van der Waals surface area contributed by atoms with Gasteiger partial charge in [-0.2, -0.15) is 0 Å². The summed E-state index contributed by atoms with van der Waals surface area (Å²) in [6.07, 6.45) is 5.58. The Bertz CT molecular complexity index is 706. The van der Waals surface area contributed by atoms with E-state index in [1.54, 1.807) is 13.1 Å². The highest BCUT2D eigenvalue weighted by Crippen LogP contribution is 2.07. The van der Waals surface area contributed by atoms with E-state index in [0.717, 1.165) is 11.1 Å². The lowest BCUT2D eigenvalue weighted by atomic mass is 10.1. The van der Waals surface area contributed by atoms with Crippen molar-refractivity contribution in [1.29, 1.82) is 0 Å². The second-order valence-electron chi connectivity index (χ2n) is 4.44. The highest BCUT2D eigenvalue weighted by molar-refractivity contribution is 5.49. The highest BCUT2D eigenvalue weighted by atomic mass is 16.2. The summed E-state index contributed by atoms with van der Waals surface area (Å²) < 4.78 is 1.50. The molecule has 98 valence electrons. The molecule has 0 aliphatic carbocycles. The quantitative estimate of drug-likeness (QED) is 0.912. The van der Waals surface area contributed by atoms with Gasteiger partial charge in [0.15, 0.2) is 0 Å². The molecule has 0 fully saturated rings. The van der Waals surface area contributed by atoms with Gasteiger partial charge in [0.25, 0.3) is 5.56 Å². The Morgan fingerprint density at radius 1 is 1.21 bits per heavy atom. The van der Waals surface area contributed by atoms with Crippen molar-refractivity contribution in [3.8, 4) is 0 Å². The molecule has 2 rings (SSSR count). The number of benzene rings is 1. The van der Waals surface area contributed by atoms with Crippen LogP contribution in [0.4, 0.5) is 0 Å². The number of rotatable bonds is 3. The first-order valence-electron chi connectivity index (χ1n) is 6.12. The van der Waals surface area contributed by atoms with Gasteiger partial charge in [0, 0.05) is 11.8 Å². The Kier molecular flexibility index (Phi) is 3.80. The van der Waals surface area contributed by atoms with E-state index in [0.29, 0.717) is 12.1 Å². The lowest BCUT2D eigenvalue weighted by molar-refractivity contribution is 0.713. The van der Waals surface area contributed by atoms with Gasteiger partial charge in [-0.05, 0) is 25.0 Å². The second kappa shape index (κ2) is 5.52. The van der Waals surface area contributed by atoms with E-state index in [2.05, 4.69) is 4.98 Å². The van der Waals surface area contributed by atoms with Gasteiger partial charge < -0.3 is 0 Å². The average Bonchev–Trinajstić information content (AvgIpc) is 2.38. The maximum absolute atomic E-state index is 11.7. The molecule has 0 amide bonds. The van der Waals surface area contributed by atoms with Crippen LogP contribution in [0.2, 0.25) is 0 Å². The molecule has 0 atom stereocenters. The van der Waals surface area contributed by atoms with Crippen molar-refractivity contribution in [3.63, 3.8) is 0 Å². The van der Waals surface area contributed by atoms with Crippen molar-refractivity contribution in [3.05, 3.63) is 74.1 Å². The average molecular weight is 256 g/mol. The summed E-state index contributed by atoms with van der Waals surface area (Å²) in [5.41, 5.74) is 1.96. The van der Waals surface area contributed by atoms with Crippen LogP contribution in [0.15, 0.2) is 46.1 Å². The lowest BCUT2D eigenvalue weighted by Crippen LogP contribution is -2.31. The summed E-state index contributed by atoms with van der Waals surface area (Å²) in [5.74, 6) is 0.